The summed E-state index contributed by atoms with van der Waals surface area (Å²) < 4.78 is 13.6. The summed E-state index contributed by atoms with van der Waals surface area (Å²) in [6.45, 7) is 4.66. The van der Waals surface area contributed by atoms with E-state index in [1.54, 1.807) is 39.7 Å². The van der Waals surface area contributed by atoms with Crippen molar-refractivity contribution in [1.82, 2.24) is 19.5 Å². The molecule has 170 valence electrons. The first kappa shape index (κ1) is 22.1. The van der Waals surface area contributed by atoms with Gasteiger partial charge in [0.05, 0.1) is 19.9 Å². The Labute approximate surface area is 191 Å². The third kappa shape index (κ3) is 4.59. The van der Waals surface area contributed by atoms with E-state index in [0.717, 1.165) is 22.4 Å². The van der Waals surface area contributed by atoms with Crippen molar-refractivity contribution in [2.75, 3.05) is 20.8 Å². The van der Waals surface area contributed by atoms with Crippen molar-refractivity contribution in [3.05, 3.63) is 81.9 Å². The Morgan fingerprint density at radius 2 is 1.73 bits per heavy atom. The van der Waals surface area contributed by atoms with Crippen LogP contribution < -0.4 is 20.3 Å². The van der Waals surface area contributed by atoms with Crippen LogP contribution in [-0.4, -0.2) is 40.9 Å². The predicted molar refractivity (Wildman–Crippen MR) is 126 cm³/mol. The van der Waals surface area contributed by atoms with Crippen LogP contribution in [0.25, 0.3) is 16.8 Å². The molecule has 33 heavy (non-hydrogen) atoms. The molecular formula is C25H26N4O4. The number of rotatable bonds is 7. The molecule has 2 aromatic carbocycles. The first-order chi connectivity index (χ1) is 15.9. The number of aromatic nitrogens is 3. The molecule has 0 unspecified atom stereocenters. The lowest BCUT2D eigenvalue weighted by Gasteiger charge is -2.10. The Morgan fingerprint density at radius 3 is 2.42 bits per heavy atom. The summed E-state index contributed by atoms with van der Waals surface area (Å²) in [5, 5.41) is 7.42. The van der Waals surface area contributed by atoms with Crippen LogP contribution in [-0.2, 0) is 6.54 Å². The highest BCUT2D eigenvalue weighted by molar-refractivity contribution is 5.95. The van der Waals surface area contributed by atoms with E-state index in [2.05, 4.69) is 22.5 Å². The third-order valence-electron chi connectivity index (χ3n) is 5.52. The molecule has 0 aliphatic carbocycles. The van der Waals surface area contributed by atoms with Gasteiger partial charge < -0.3 is 19.4 Å². The summed E-state index contributed by atoms with van der Waals surface area (Å²) in [6.07, 6.45) is 3.43. The van der Waals surface area contributed by atoms with Crippen molar-refractivity contribution in [3.8, 4) is 22.8 Å². The molecule has 2 heterocycles. The number of nitrogens with one attached hydrogen (secondary N) is 1. The zero-order valence-corrected chi connectivity index (χ0v) is 19.1. The molecular weight excluding hydrogens is 420 g/mol. The van der Waals surface area contributed by atoms with E-state index < -0.39 is 0 Å². The Hall–Kier alpha value is -4.07. The van der Waals surface area contributed by atoms with E-state index >= 15 is 0 Å². The lowest BCUT2D eigenvalue weighted by Crippen LogP contribution is -2.31. The van der Waals surface area contributed by atoms with Gasteiger partial charge in [0.15, 0.2) is 0 Å². The largest absolute Gasteiger partial charge is 0.497 e. The zero-order valence-electron chi connectivity index (χ0n) is 19.1. The van der Waals surface area contributed by atoms with E-state index in [4.69, 9.17) is 9.47 Å². The van der Waals surface area contributed by atoms with Crippen molar-refractivity contribution in [3.63, 3.8) is 0 Å². The molecule has 0 atom stereocenters. The van der Waals surface area contributed by atoms with Gasteiger partial charge in [0.1, 0.15) is 17.0 Å². The predicted octanol–water partition coefficient (Wildman–Crippen LogP) is 3.23. The first-order valence-electron chi connectivity index (χ1n) is 10.6. The Morgan fingerprint density at radius 1 is 1.00 bits per heavy atom. The fraction of sp³-hybridized carbons (Fsp3) is 0.240. The van der Waals surface area contributed by atoms with Crippen molar-refractivity contribution in [1.29, 1.82) is 0 Å². The van der Waals surface area contributed by atoms with Gasteiger partial charge in [-0.3, -0.25) is 9.59 Å². The molecule has 8 nitrogen and oxygen atoms in total. The van der Waals surface area contributed by atoms with Crippen LogP contribution in [0.2, 0.25) is 0 Å². The first-order valence-corrected chi connectivity index (χ1v) is 10.6. The number of hydrogen-bond acceptors (Lipinski definition) is 5. The van der Waals surface area contributed by atoms with Gasteiger partial charge in [-0.2, -0.15) is 5.10 Å². The van der Waals surface area contributed by atoms with Gasteiger partial charge in [-0.25, -0.2) is 4.52 Å². The monoisotopic (exact) mass is 446 g/mol. The van der Waals surface area contributed by atoms with Gasteiger partial charge in [0.2, 0.25) is 0 Å². The minimum absolute atomic E-state index is 0.168. The number of amides is 1. The number of carbonyl (C=O) groups excluding carboxylic acids is 1. The second-order valence-corrected chi connectivity index (χ2v) is 7.83. The van der Waals surface area contributed by atoms with Crippen LogP contribution in [0.3, 0.4) is 0 Å². The summed E-state index contributed by atoms with van der Waals surface area (Å²) in [6, 6.07) is 12.9. The van der Waals surface area contributed by atoms with Crippen LogP contribution in [0.15, 0.2) is 59.7 Å². The fourth-order valence-electron chi connectivity index (χ4n) is 3.68. The molecule has 1 N–H and O–H groups in total. The highest BCUT2D eigenvalue weighted by Crippen LogP contribution is 2.24. The molecule has 0 aliphatic rings. The van der Waals surface area contributed by atoms with Gasteiger partial charge in [-0.1, -0.05) is 17.7 Å². The average Bonchev–Trinajstić information content (AvgIpc) is 3.26. The number of fused-ring (bicyclic) bond motifs is 1. The molecule has 0 aliphatic heterocycles. The van der Waals surface area contributed by atoms with Crippen molar-refractivity contribution in [2.24, 2.45) is 0 Å². The quantitative estimate of drug-likeness (QED) is 0.471. The van der Waals surface area contributed by atoms with Gasteiger partial charge in [-0.05, 0) is 43.7 Å². The number of methoxy groups -OCH3 is 2. The van der Waals surface area contributed by atoms with Gasteiger partial charge in [0, 0.05) is 42.7 Å². The third-order valence-corrected chi connectivity index (χ3v) is 5.52. The summed E-state index contributed by atoms with van der Waals surface area (Å²) in [7, 11) is 3.06. The average molecular weight is 447 g/mol. The molecule has 0 bridgehead atoms. The summed E-state index contributed by atoms with van der Waals surface area (Å²) in [5.74, 6) is 0.783. The molecule has 0 fully saturated rings. The lowest BCUT2D eigenvalue weighted by molar-refractivity contribution is 0.0951. The van der Waals surface area contributed by atoms with E-state index in [-0.39, 0.29) is 18.0 Å². The molecule has 8 heteroatoms. The van der Waals surface area contributed by atoms with Crippen molar-refractivity contribution in [2.45, 2.75) is 20.4 Å². The number of nitrogens with zero attached hydrogens (tertiary/aromatic N) is 3. The molecule has 0 saturated carbocycles. The van der Waals surface area contributed by atoms with E-state index in [1.807, 2.05) is 26.0 Å². The molecule has 0 spiro atoms. The maximum absolute atomic E-state index is 13.0. The molecule has 2 aromatic heterocycles. The normalized spacial score (nSPS) is 10.9. The minimum Gasteiger partial charge on any atom is -0.497 e. The molecule has 4 aromatic rings. The molecule has 0 saturated heterocycles. The maximum Gasteiger partial charge on any atom is 0.276 e. The van der Waals surface area contributed by atoms with E-state index in [1.165, 1.54) is 14.2 Å². The highest BCUT2D eigenvalue weighted by Gasteiger charge is 2.13. The van der Waals surface area contributed by atoms with Crippen LogP contribution in [0.5, 0.6) is 11.5 Å². The van der Waals surface area contributed by atoms with E-state index in [0.29, 0.717) is 29.1 Å². The minimum atomic E-state index is -0.275. The SMILES string of the molecule is COc1cc(OC)cc(C(=O)NCCn2ccn3nc(-c4cc(C)ccc4C)cc3c2=O)c1. The van der Waals surface area contributed by atoms with Crippen LogP contribution >= 0.6 is 0 Å². The standard InChI is InChI=1S/C25H26N4O4/c1-16-5-6-17(2)21(11-16)22-15-23-25(31)28(9-10-29(23)27-22)8-7-26-24(30)18-12-19(32-3)14-20(13-18)33-4/h5-6,9-15H,7-8H2,1-4H3,(H,26,30). The Bertz CT molecular complexity index is 1360. The van der Waals surface area contributed by atoms with Crippen LogP contribution in [0.1, 0.15) is 21.5 Å². The van der Waals surface area contributed by atoms with E-state index in [9.17, 15) is 9.59 Å². The summed E-state index contributed by atoms with van der Waals surface area (Å²) in [5.41, 5.74) is 4.73. The smallest absolute Gasteiger partial charge is 0.276 e. The maximum atomic E-state index is 13.0. The van der Waals surface area contributed by atoms with Crippen molar-refractivity contribution < 1.29 is 14.3 Å². The van der Waals surface area contributed by atoms with Gasteiger partial charge in [0.25, 0.3) is 11.5 Å². The number of hydrogen-bond donors (Lipinski definition) is 1. The number of benzene rings is 2. The Kier molecular flexibility index (Phi) is 6.17. The van der Waals surface area contributed by atoms with Crippen LogP contribution in [0, 0.1) is 13.8 Å². The molecule has 1 amide bonds. The number of ether oxygens (including phenoxy) is 2. The zero-order chi connectivity index (χ0) is 23.5. The van der Waals surface area contributed by atoms with Gasteiger partial charge >= 0.3 is 0 Å². The molecule has 0 radical (unpaired) electrons. The topological polar surface area (TPSA) is 86.9 Å². The highest BCUT2D eigenvalue weighted by atomic mass is 16.5. The number of carbonyl (C=O) groups is 1. The summed E-state index contributed by atoms with van der Waals surface area (Å²) in [4.78, 5) is 25.6. The van der Waals surface area contributed by atoms with Crippen molar-refractivity contribution >= 4 is 11.4 Å². The Balaban J connectivity index is 1.51. The fourth-order valence-corrected chi connectivity index (χ4v) is 3.68. The second kappa shape index (κ2) is 9.20. The lowest BCUT2D eigenvalue weighted by atomic mass is 10.0. The summed E-state index contributed by atoms with van der Waals surface area (Å²) >= 11 is 0. The van der Waals surface area contributed by atoms with Crippen LogP contribution in [0.4, 0.5) is 0 Å². The molecule has 4 rings (SSSR count). The van der Waals surface area contributed by atoms with Gasteiger partial charge in [-0.15, -0.1) is 0 Å². The number of aryl methyl sites for hydroxylation is 2. The second-order valence-electron chi connectivity index (χ2n) is 7.83.